The number of carboxylic acids is 1. The Bertz CT molecular complexity index is 3270. The molecule has 1 aliphatic heterocycles. The van der Waals surface area contributed by atoms with Crippen molar-refractivity contribution in [2.75, 3.05) is 6.54 Å². The van der Waals surface area contributed by atoms with Crippen LogP contribution in [-0.4, -0.2) is 62.4 Å². The first-order valence-electron chi connectivity index (χ1n) is 27.6. The minimum atomic E-state index is -2.01. The molecule has 0 aromatic heterocycles. The summed E-state index contributed by atoms with van der Waals surface area (Å²) in [5.74, 6) is 1.62. The molecule has 0 fully saturated rings. The van der Waals surface area contributed by atoms with E-state index in [2.05, 4.69) is 115 Å². The molecular weight excluding hydrogens is 1080 g/mol. The van der Waals surface area contributed by atoms with Crippen LogP contribution >= 0.6 is 15.9 Å². The van der Waals surface area contributed by atoms with Crippen molar-refractivity contribution in [2.45, 2.75) is 170 Å². The Labute approximate surface area is 482 Å². The van der Waals surface area contributed by atoms with Gasteiger partial charge in [0.1, 0.15) is 22.8 Å². The number of rotatable bonds is 7. The van der Waals surface area contributed by atoms with Gasteiger partial charge in [0.15, 0.2) is 11.6 Å². The van der Waals surface area contributed by atoms with Gasteiger partial charge in [-0.05, 0) is 196 Å². The van der Waals surface area contributed by atoms with Crippen molar-refractivity contribution in [2.24, 2.45) is 4.99 Å². The Kier molecular flexibility index (Phi) is 19.3. The van der Waals surface area contributed by atoms with Gasteiger partial charge >= 0.3 is 5.97 Å². The number of aromatic hydroxyl groups is 1. The number of allylic oxidation sites excluding steroid dienone is 5. The van der Waals surface area contributed by atoms with Crippen molar-refractivity contribution < 1.29 is 38.2 Å². The van der Waals surface area contributed by atoms with Gasteiger partial charge in [-0.25, -0.2) is 9.79 Å². The third-order valence-electron chi connectivity index (χ3n) is 15.9. The summed E-state index contributed by atoms with van der Waals surface area (Å²) in [7, 11) is -4.00. The fourth-order valence-electron chi connectivity index (χ4n) is 9.61. The molecule has 0 radical (unpaired) electrons. The highest BCUT2D eigenvalue weighted by Crippen LogP contribution is 2.52. The monoisotopic (exact) mass is 1170 g/mol. The summed E-state index contributed by atoms with van der Waals surface area (Å²) in [6.07, 6.45) is 4.87. The topological polar surface area (TPSA) is 132 Å². The first-order valence-corrected chi connectivity index (χ1v) is 34.3. The Balaban J connectivity index is 0.000000226. The van der Waals surface area contributed by atoms with E-state index in [0.717, 1.165) is 89.6 Å². The molecule has 1 heterocycles. The van der Waals surface area contributed by atoms with Crippen molar-refractivity contribution in [1.82, 2.24) is 0 Å². The fourth-order valence-corrected chi connectivity index (χ4v) is 12.2. The van der Waals surface area contributed by atoms with Gasteiger partial charge in [0, 0.05) is 26.4 Å². The van der Waals surface area contributed by atoms with Crippen LogP contribution < -0.4 is 8.85 Å². The van der Waals surface area contributed by atoms with Crippen molar-refractivity contribution >= 4 is 61.6 Å². The smallest absolute Gasteiger partial charge is 0.336 e. The largest absolute Gasteiger partial charge is 0.543 e. The van der Waals surface area contributed by atoms with Crippen molar-refractivity contribution in [3.8, 4) is 17.2 Å². The number of carbonyl (C=O) groups excluding carboxylic acids is 2. The van der Waals surface area contributed by atoms with Crippen LogP contribution in [0.15, 0.2) is 136 Å². The average Bonchev–Trinajstić information content (AvgIpc) is 3.88. The number of halogens is 1. The van der Waals surface area contributed by atoms with Crippen LogP contribution in [0.25, 0.3) is 5.57 Å². The average molecular weight is 1170 g/mol. The number of nitrogens with zero attached hydrogens (tertiary/aromatic N) is 1. The molecular formula is C67H86BrNO8Si2. The maximum Gasteiger partial charge on any atom is 0.336 e. The number of carbonyl (C=O) groups is 3. The Morgan fingerprint density at radius 1 is 0.671 bits per heavy atom. The number of aromatic carboxylic acids is 1. The van der Waals surface area contributed by atoms with E-state index in [0.29, 0.717) is 5.56 Å². The lowest BCUT2D eigenvalue weighted by molar-refractivity contribution is -0.110. The molecule has 2 N–H and O–H groups in total. The molecule has 12 heteroatoms. The van der Waals surface area contributed by atoms with Crippen LogP contribution in [0.4, 0.5) is 0 Å². The van der Waals surface area contributed by atoms with E-state index in [1.54, 1.807) is 48.6 Å². The number of phenolic OH excluding ortho intramolecular Hbond substituents is 1. The zero-order chi connectivity index (χ0) is 59.6. The second kappa shape index (κ2) is 23.9. The highest BCUT2D eigenvalue weighted by Gasteiger charge is 2.44. The maximum atomic E-state index is 13.6. The number of ketones is 2. The Hall–Kier alpha value is -6.09. The lowest BCUT2D eigenvalue weighted by Crippen LogP contribution is -2.44. The second-order valence-corrected chi connectivity index (χ2v) is 35.1. The molecule has 5 aromatic carbocycles. The zero-order valence-electron chi connectivity index (χ0n) is 50.8. The lowest BCUT2D eigenvalue weighted by Gasteiger charge is -2.40. The van der Waals surface area contributed by atoms with Crippen LogP contribution in [0.2, 0.25) is 36.3 Å². The molecule has 0 saturated heterocycles. The molecule has 0 saturated carbocycles. The number of aliphatic imine (C=N–C) groups is 1. The van der Waals surface area contributed by atoms with Crippen LogP contribution in [-0.2, 0) is 20.4 Å². The van der Waals surface area contributed by atoms with E-state index in [1.807, 2.05) is 110 Å². The second-order valence-electron chi connectivity index (χ2n) is 24.7. The third-order valence-corrected chi connectivity index (χ3v) is 25.3. The predicted molar refractivity (Wildman–Crippen MR) is 335 cm³/mol. The number of phenols is 1. The first-order chi connectivity index (χ1) is 36.6. The molecule has 0 amide bonds. The molecule has 0 atom stereocenters. The Morgan fingerprint density at radius 3 is 1.78 bits per heavy atom. The number of hydrogen-bond acceptors (Lipinski definition) is 8. The number of benzene rings is 5. The minimum absolute atomic E-state index is 0.0881. The van der Waals surface area contributed by atoms with Gasteiger partial charge < -0.3 is 23.8 Å². The predicted octanol–water partition coefficient (Wildman–Crippen LogP) is 17.9. The number of fused-ring (bicyclic) bond motifs is 4. The van der Waals surface area contributed by atoms with Gasteiger partial charge in [-0.15, -0.1) is 0 Å². The maximum absolute atomic E-state index is 13.6. The van der Waals surface area contributed by atoms with E-state index in [4.69, 9.17) is 13.6 Å². The molecule has 79 heavy (non-hydrogen) atoms. The van der Waals surface area contributed by atoms with Gasteiger partial charge in [-0.3, -0.25) is 9.59 Å². The molecule has 4 aliphatic rings. The number of ether oxygens (including phenoxy) is 1. The molecule has 422 valence electrons. The summed E-state index contributed by atoms with van der Waals surface area (Å²) >= 11 is 3.48. The standard InChI is InChI=1S/C29H44O3Si2.C23H18O4.C11H12BrNO.2C2H6/c1-19-24(32-34(12,13)28(5,6)7)17-16-22-25(19)29(8,9)23-18-20(14-15-21(23)26(22)30)31-33(10,11)27(2,3)4;1-23(2)19-11-13(24)7-9-17(19)21(18-10-8-14(25)12-20(18)23)15-5-3-4-6-16(15)22(26)27;1-11(2)7-13-10(14-11)8-5-3-4-6-9(8)12;2*1-2/h14-18H,1-13H3;3-12,24H,1-2H3,(H,26,27);3-6H,7H2,1-2H3;2*1-2H3. The van der Waals surface area contributed by atoms with Crippen molar-refractivity contribution in [1.29, 1.82) is 0 Å². The van der Waals surface area contributed by atoms with Crippen LogP contribution in [0.3, 0.4) is 0 Å². The summed E-state index contributed by atoms with van der Waals surface area (Å²) < 4.78 is 20.1. The normalized spacial score (nSPS) is 16.3. The zero-order valence-corrected chi connectivity index (χ0v) is 54.4. The molecule has 9 rings (SSSR count). The SMILES string of the molecule is CC.CC.CC1(C)C2=CC(=O)C=CC2=C(c2ccccc2C(=O)O)c2ccc(O)cc21.CC1(C)CN=C(c2ccccc2Br)O1.Cc1c(O[Si](C)(C)C(C)(C)C)ccc2c1C(C)(C)c1cc(O[Si](C)(C)C(C)(C)C)ccc1C2=O. The Morgan fingerprint density at radius 2 is 1.22 bits per heavy atom. The first kappa shape index (κ1) is 63.7. The van der Waals surface area contributed by atoms with E-state index < -0.39 is 28.0 Å². The summed E-state index contributed by atoms with van der Waals surface area (Å²) in [6.45, 7) is 45.9. The summed E-state index contributed by atoms with van der Waals surface area (Å²) in [5.41, 5.74) is 9.68. The van der Waals surface area contributed by atoms with Gasteiger partial charge in [0.2, 0.25) is 22.5 Å². The lowest BCUT2D eigenvalue weighted by atomic mass is 9.64. The summed E-state index contributed by atoms with van der Waals surface area (Å²) in [6, 6.07) is 29.9. The van der Waals surface area contributed by atoms with Gasteiger partial charge in [0.05, 0.1) is 17.7 Å². The van der Waals surface area contributed by atoms with Gasteiger partial charge in [0.25, 0.3) is 0 Å². The minimum Gasteiger partial charge on any atom is -0.543 e. The molecule has 0 bridgehead atoms. The summed E-state index contributed by atoms with van der Waals surface area (Å²) in [5, 5.41) is 19.9. The molecule has 0 unspecified atom stereocenters. The molecule has 3 aliphatic carbocycles. The quantitative estimate of drug-likeness (QED) is 0.154. The van der Waals surface area contributed by atoms with Gasteiger partial charge in [-0.2, -0.15) is 0 Å². The van der Waals surface area contributed by atoms with Gasteiger partial charge in [-0.1, -0.05) is 139 Å². The number of hydrogen-bond donors (Lipinski definition) is 2. The molecule has 9 nitrogen and oxygen atoms in total. The van der Waals surface area contributed by atoms with E-state index in [-0.39, 0.29) is 44.0 Å². The highest BCUT2D eigenvalue weighted by molar-refractivity contribution is 9.10. The molecule has 5 aromatic rings. The fraction of sp³-hybridized carbons (Fsp3) is 0.403. The highest BCUT2D eigenvalue weighted by atomic mass is 79.9. The van der Waals surface area contributed by atoms with Crippen molar-refractivity contribution in [3.05, 3.63) is 187 Å². The summed E-state index contributed by atoms with van der Waals surface area (Å²) in [4.78, 5) is 41.9. The van der Waals surface area contributed by atoms with E-state index >= 15 is 0 Å². The number of carboxylic acid groups (broad SMARTS) is 1. The van der Waals surface area contributed by atoms with E-state index in [9.17, 15) is 24.6 Å². The van der Waals surface area contributed by atoms with Crippen LogP contribution in [0, 0.1) is 6.92 Å². The van der Waals surface area contributed by atoms with Crippen molar-refractivity contribution in [3.63, 3.8) is 0 Å². The molecule has 0 spiro atoms. The van der Waals surface area contributed by atoms with Crippen LogP contribution in [0.1, 0.15) is 176 Å². The third kappa shape index (κ3) is 13.2. The van der Waals surface area contributed by atoms with E-state index in [1.165, 1.54) is 6.08 Å². The van der Waals surface area contributed by atoms with Crippen LogP contribution in [0.5, 0.6) is 17.2 Å².